The highest BCUT2D eigenvalue weighted by Gasteiger charge is 2.23. The minimum absolute atomic E-state index is 0.151. The minimum atomic E-state index is -0.400. The average molecular weight is 395 g/mol. The van der Waals surface area contributed by atoms with Crippen LogP contribution in [0, 0.1) is 11.3 Å². The maximum absolute atomic E-state index is 12.7. The highest BCUT2D eigenvalue weighted by molar-refractivity contribution is 7.13. The molecule has 0 aliphatic carbocycles. The highest BCUT2D eigenvalue weighted by atomic mass is 32.1. The van der Waals surface area contributed by atoms with Crippen molar-refractivity contribution in [2.24, 2.45) is 0 Å². The first-order valence-corrected chi connectivity index (χ1v) is 9.90. The molecule has 3 aromatic rings. The van der Waals surface area contributed by atoms with Crippen molar-refractivity contribution < 1.29 is 9.21 Å². The zero-order valence-electron chi connectivity index (χ0n) is 15.8. The first-order chi connectivity index (χ1) is 13.6. The largest absolute Gasteiger partial charge is 0.419 e. The Morgan fingerprint density at radius 1 is 1.36 bits per heavy atom. The van der Waals surface area contributed by atoms with Crippen LogP contribution in [0.1, 0.15) is 31.7 Å². The van der Waals surface area contributed by atoms with Gasteiger partial charge in [-0.25, -0.2) is 0 Å². The Kier molecular flexibility index (Phi) is 6.53. The second-order valence-electron chi connectivity index (χ2n) is 6.31. The number of carbonyl (C=O) groups excluding carboxylic acids is 1. The second-order valence-corrected chi connectivity index (χ2v) is 7.25. The van der Waals surface area contributed by atoms with E-state index in [1.165, 1.54) is 11.3 Å². The summed E-state index contributed by atoms with van der Waals surface area (Å²) in [5, 5.41) is 22.1. The predicted molar refractivity (Wildman–Crippen MR) is 108 cm³/mol. The summed E-state index contributed by atoms with van der Waals surface area (Å²) in [5.41, 5.74) is 1.10. The lowest BCUT2D eigenvalue weighted by atomic mass is 10.2. The number of rotatable bonds is 8. The number of nitriles is 1. The van der Waals surface area contributed by atoms with Gasteiger partial charge in [-0.1, -0.05) is 19.1 Å². The molecule has 0 saturated carbocycles. The number of nitrogens with zero attached hydrogens (tertiary/aromatic N) is 4. The molecule has 2 heterocycles. The van der Waals surface area contributed by atoms with Crippen LogP contribution in [-0.2, 0) is 11.3 Å². The van der Waals surface area contributed by atoms with Gasteiger partial charge >= 0.3 is 0 Å². The van der Waals surface area contributed by atoms with Crippen molar-refractivity contribution in [3.05, 3.63) is 53.2 Å². The second kappa shape index (κ2) is 9.26. The topological polar surface area (TPSA) is 95.1 Å². The minimum Gasteiger partial charge on any atom is -0.419 e. The summed E-state index contributed by atoms with van der Waals surface area (Å²) in [6, 6.07) is 12.4. The number of hydrogen-bond acceptors (Lipinski definition) is 7. The molecule has 7 nitrogen and oxygen atoms in total. The fourth-order valence-electron chi connectivity index (χ4n) is 2.77. The van der Waals surface area contributed by atoms with Crippen LogP contribution in [0.2, 0.25) is 0 Å². The number of aromatic nitrogens is 2. The number of anilines is 1. The molecule has 0 aliphatic rings. The molecule has 1 amide bonds. The molecule has 0 saturated heterocycles. The van der Waals surface area contributed by atoms with Crippen LogP contribution in [0.4, 0.5) is 5.69 Å². The number of carbonyl (C=O) groups is 1. The van der Waals surface area contributed by atoms with Crippen LogP contribution in [0.25, 0.3) is 10.8 Å². The number of thiophene rings is 1. The van der Waals surface area contributed by atoms with Crippen molar-refractivity contribution in [2.75, 3.05) is 11.9 Å². The molecular weight excluding hydrogens is 374 g/mol. The molecule has 8 heteroatoms. The molecule has 0 spiro atoms. The van der Waals surface area contributed by atoms with Gasteiger partial charge in [-0.05, 0) is 49.5 Å². The van der Waals surface area contributed by atoms with E-state index >= 15 is 0 Å². The maximum atomic E-state index is 12.7. The monoisotopic (exact) mass is 395 g/mol. The summed E-state index contributed by atoms with van der Waals surface area (Å²) in [5.74, 6) is 0.816. The van der Waals surface area contributed by atoms with E-state index in [0.717, 1.165) is 11.3 Å². The highest BCUT2D eigenvalue weighted by Crippen LogP contribution is 2.23. The summed E-state index contributed by atoms with van der Waals surface area (Å²) in [4.78, 5) is 15.6. The fraction of sp³-hybridized carbons (Fsp3) is 0.300. The SMILES string of the molecule is CCCN(Cc1nnc(-c2cccs2)o1)[C@@H](C)C(=O)Nc1cccc(C#N)c1. The van der Waals surface area contributed by atoms with Gasteiger partial charge in [0.15, 0.2) is 0 Å². The molecule has 144 valence electrons. The van der Waals surface area contributed by atoms with Crippen LogP contribution in [0.3, 0.4) is 0 Å². The van der Waals surface area contributed by atoms with E-state index in [9.17, 15) is 4.79 Å². The van der Waals surface area contributed by atoms with Crippen LogP contribution in [0.5, 0.6) is 0 Å². The molecular formula is C20H21N5O2S. The van der Waals surface area contributed by atoms with Crippen LogP contribution >= 0.6 is 11.3 Å². The lowest BCUT2D eigenvalue weighted by Gasteiger charge is -2.26. The maximum Gasteiger partial charge on any atom is 0.257 e. The van der Waals surface area contributed by atoms with Gasteiger partial charge in [0.2, 0.25) is 11.8 Å². The Hall–Kier alpha value is -3.02. The lowest BCUT2D eigenvalue weighted by molar-refractivity contribution is -0.121. The van der Waals surface area contributed by atoms with Gasteiger partial charge < -0.3 is 9.73 Å². The van der Waals surface area contributed by atoms with Gasteiger partial charge in [-0.15, -0.1) is 21.5 Å². The lowest BCUT2D eigenvalue weighted by Crippen LogP contribution is -2.42. The zero-order valence-corrected chi connectivity index (χ0v) is 16.6. The van der Waals surface area contributed by atoms with Crippen molar-refractivity contribution in [1.82, 2.24) is 15.1 Å². The Morgan fingerprint density at radius 2 is 2.21 bits per heavy atom. The van der Waals surface area contributed by atoms with Gasteiger partial charge in [-0.2, -0.15) is 5.26 Å². The predicted octanol–water partition coefficient (Wildman–Crippen LogP) is 3.91. The molecule has 1 N–H and O–H groups in total. The first-order valence-electron chi connectivity index (χ1n) is 9.02. The molecule has 3 rings (SSSR count). The van der Waals surface area contributed by atoms with E-state index in [0.29, 0.717) is 36.1 Å². The van der Waals surface area contributed by atoms with E-state index in [4.69, 9.17) is 9.68 Å². The molecule has 0 unspecified atom stereocenters. The van der Waals surface area contributed by atoms with E-state index < -0.39 is 6.04 Å². The van der Waals surface area contributed by atoms with Gasteiger partial charge in [0.25, 0.3) is 5.89 Å². The summed E-state index contributed by atoms with van der Waals surface area (Å²) in [6.45, 7) is 5.00. The number of nitrogens with one attached hydrogen (secondary N) is 1. The summed E-state index contributed by atoms with van der Waals surface area (Å²) < 4.78 is 5.76. The van der Waals surface area contributed by atoms with Crippen LogP contribution in [-0.4, -0.2) is 33.6 Å². The molecule has 1 atom stereocenters. The van der Waals surface area contributed by atoms with E-state index in [2.05, 4.69) is 28.5 Å². The van der Waals surface area contributed by atoms with Crippen molar-refractivity contribution in [3.63, 3.8) is 0 Å². The van der Waals surface area contributed by atoms with Gasteiger partial charge in [0.05, 0.1) is 29.1 Å². The van der Waals surface area contributed by atoms with Crippen LogP contribution < -0.4 is 5.32 Å². The summed E-state index contributed by atoms with van der Waals surface area (Å²) >= 11 is 1.54. The molecule has 2 aromatic heterocycles. The fourth-order valence-corrected chi connectivity index (χ4v) is 3.41. The third kappa shape index (κ3) is 4.82. The Bertz CT molecular complexity index is 961. The van der Waals surface area contributed by atoms with Crippen molar-refractivity contribution >= 4 is 22.9 Å². The third-order valence-electron chi connectivity index (χ3n) is 4.23. The number of amides is 1. The summed E-state index contributed by atoms with van der Waals surface area (Å²) in [6.07, 6.45) is 0.882. The van der Waals surface area contributed by atoms with E-state index in [-0.39, 0.29) is 5.91 Å². The van der Waals surface area contributed by atoms with Crippen LogP contribution in [0.15, 0.2) is 46.2 Å². The zero-order chi connectivity index (χ0) is 19.9. The quantitative estimate of drug-likeness (QED) is 0.621. The standard InChI is InChI=1S/C20H21N5O2S/c1-3-9-25(13-18-23-24-20(27-18)17-8-5-10-28-17)14(2)19(26)22-16-7-4-6-15(11-16)12-21/h4-8,10-11,14H,3,9,13H2,1-2H3,(H,22,26)/t14-/m0/s1. The van der Waals surface area contributed by atoms with Crippen molar-refractivity contribution in [3.8, 4) is 16.8 Å². The molecule has 28 heavy (non-hydrogen) atoms. The molecule has 0 bridgehead atoms. The third-order valence-corrected chi connectivity index (χ3v) is 5.09. The van der Waals surface area contributed by atoms with Crippen molar-refractivity contribution in [1.29, 1.82) is 5.26 Å². The summed E-state index contributed by atoms with van der Waals surface area (Å²) in [7, 11) is 0. The Morgan fingerprint density at radius 3 is 2.93 bits per heavy atom. The van der Waals surface area contributed by atoms with E-state index in [1.807, 2.05) is 29.3 Å². The molecule has 0 fully saturated rings. The normalized spacial score (nSPS) is 11.9. The molecule has 0 radical (unpaired) electrons. The first kappa shape index (κ1) is 19.7. The molecule has 0 aliphatic heterocycles. The van der Waals surface area contributed by atoms with E-state index in [1.54, 1.807) is 24.3 Å². The average Bonchev–Trinajstić information content (AvgIpc) is 3.39. The Labute approximate surface area is 167 Å². The molecule has 1 aromatic carbocycles. The smallest absolute Gasteiger partial charge is 0.257 e. The van der Waals surface area contributed by atoms with Gasteiger partial charge in [0, 0.05) is 5.69 Å². The van der Waals surface area contributed by atoms with Crippen molar-refractivity contribution in [2.45, 2.75) is 32.9 Å². The Balaban J connectivity index is 1.68. The van der Waals surface area contributed by atoms with Gasteiger partial charge in [-0.3, -0.25) is 9.69 Å². The number of benzene rings is 1. The van der Waals surface area contributed by atoms with Gasteiger partial charge in [0.1, 0.15) is 0 Å². The number of hydrogen-bond donors (Lipinski definition) is 1.